The number of ether oxygens (including phenoxy) is 4. The molecule has 132 valence electrons. The summed E-state index contributed by atoms with van der Waals surface area (Å²) in [5, 5.41) is 3.96. The van der Waals surface area contributed by atoms with Crippen LogP contribution in [0.2, 0.25) is 0 Å². The molecule has 2 aromatic carbocycles. The molecule has 2 aromatic rings. The SMILES string of the molecule is COc1ccc(/C=N/NC(=O)c2ccc(OC)c(OC)c2)c(OC)c1. The number of carbonyl (C=O) groups excluding carboxylic acids is 1. The maximum atomic E-state index is 12.2. The number of hydrazone groups is 1. The van der Waals surface area contributed by atoms with Crippen molar-refractivity contribution in [1.82, 2.24) is 5.43 Å². The molecule has 2 rings (SSSR count). The summed E-state index contributed by atoms with van der Waals surface area (Å²) in [5.41, 5.74) is 3.57. The van der Waals surface area contributed by atoms with Gasteiger partial charge in [0.25, 0.3) is 5.91 Å². The van der Waals surface area contributed by atoms with Gasteiger partial charge in [-0.25, -0.2) is 5.43 Å². The lowest BCUT2D eigenvalue weighted by molar-refractivity contribution is 0.0954. The van der Waals surface area contributed by atoms with Gasteiger partial charge in [-0.15, -0.1) is 0 Å². The molecule has 7 nitrogen and oxygen atoms in total. The number of carbonyl (C=O) groups is 1. The van der Waals surface area contributed by atoms with Crippen LogP contribution in [0.15, 0.2) is 41.5 Å². The van der Waals surface area contributed by atoms with E-state index in [1.54, 1.807) is 50.6 Å². The fourth-order valence-electron chi connectivity index (χ4n) is 2.13. The topological polar surface area (TPSA) is 78.4 Å². The van der Waals surface area contributed by atoms with E-state index >= 15 is 0 Å². The highest BCUT2D eigenvalue weighted by Crippen LogP contribution is 2.27. The molecule has 0 bridgehead atoms. The Labute approximate surface area is 146 Å². The molecule has 0 spiro atoms. The summed E-state index contributed by atoms with van der Waals surface area (Å²) in [5.74, 6) is 1.90. The lowest BCUT2D eigenvalue weighted by atomic mass is 10.2. The van der Waals surface area contributed by atoms with Crippen molar-refractivity contribution < 1.29 is 23.7 Å². The van der Waals surface area contributed by atoms with E-state index < -0.39 is 0 Å². The van der Waals surface area contributed by atoms with E-state index in [2.05, 4.69) is 10.5 Å². The number of nitrogens with zero attached hydrogens (tertiary/aromatic N) is 1. The molecular weight excluding hydrogens is 324 g/mol. The number of nitrogens with one attached hydrogen (secondary N) is 1. The van der Waals surface area contributed by atoms with Crippen LogP contribution in [0.4, 0.5) is 0 Å². The van der Waals surface area contributed by atoms with Gasteiger partial charge < -0.3 is 18.9 Å². The first-order chi connectivity index (χ1) is 12.1. The van der Waals surface area contributed by atoms with Crippen molar-refractivity contribution in [3.63, 3.8) is 0 Å². The van der Waals surface area contributed by atoms with E-state index in [4.69, 9.17) is 18.9 Å². The third kappa shape index (κ3) is 4.41. The van der Waals surface area contributed by atoms with Crippen molar-refractivity contribution in [1.29, 1.82) is 0 Å². The third-order valence-corrected chi connectivity index (χ3v) is 3.46. The van der Waals surface area contributed by atoms with Gasteiger partial charge in [-0.05, 0) is 30.3 Å². The monoisotopic (exact) mass is 344 g/mol. The fourth-order valence-corrected chi connectivity index (χ4v) is 2.13. The van der Waals surface area contributed by atoms with Gasteiger partial charge in [0.1, 0.15) is 11.5 Å². The van der Waals surface area contributed by atoms with Crippen LogP contribution in [0.3, 0.4) is 0 Å². The standard InChI is InChI=1S/C18H20N2O5/c1-22-14-7-5-13(16(10-14)24-3)11-19-20-18(21)12-6-8-15(23-2)17(9-12)25-4/h5-11H,1-4H3,(H,20,21)/b19-11+. The largest absolute Gasteiger partial charge is 0.497 e. The molecule has 0 aliphatic heterocycles. The van der Waals surface area contributed by atoms with Crippen molar-refractivity contribution >= 4 is 12.1 Å². The van der Waals surface area contributed by atoms with Crippen LogP contribution < -0.4 is 24.4 Å². The zero-order valence-corrected chi connectivity index (χ0v) is 14.5. The Morgan fingerprint density at radius 2 is 1.60 bits per heavy atom. The number of amides is 1. The Balaban J connectivity index is 2.10. The molecule has 0 saturated carbocycles. The van der Waals surface area contributed by atoms with Crippen LogP contribution in [0.5, 0.6) is 23.0 Å². The molecule has 0 unspecified atom stereocenters. The maximum absolute atomic E-state index is 12.2. The molecule has 1 N–H and O–H groups in total. The van der Waals surface area contributed by atoms with E-state index in [-0.39, 0.29) is 5.91 Å². The van der Waals surface area contributed by atoms with E-state index in [1.807, 2.05) is 0 Å². The second-order valence-corrected chi connectivity index (χ2v) is 4.88. The molecule has 0 aromatic heterocycles. The Morgan fingerprint density at radius 1 is 0.880 bits per heavy atom. The van der Waals surface area contributed by atoms with Gasteiger partial charge in [0.15, 0.2) is 11.5 Å². The predicted octanol–water partition coefficient (Wildman–Crippen LogP) is 2.48. The molecule has 0 aliphatic rings. The molecule has 0 aliphatic carbocycles. The summed E-state index contributed by atoms with van der Waals surface area (Å²) in [4.78, 5) is 12.2. The van der Waals surface area contributed by atoms with E-state index in [0.717, 1.165) is 0 Å². The van der Waals surface area contributed by atoms with Gasteiger partial charge in [-0.2, -0.15) is 5.10 Å². The average Bonchev–Trinajstić information content (AvgIpc) is 2.67. The summed E-state index contributed by atoms with van der Waals surface area (Å²) in [6.45, 7) is 0. The van der Waals surface area contributed by atoms with Crippen LogP contribution >= 0.6 is 0 Å². The second-order valence-electron chi connectivity index (χ2n) is 4.88. The minimum Gasteiger partial charge on any atom is -0.497 e. The molecule has 1 amide bonds. The molecule has 7 heteroatoms. The van der Waals surface area contributed by atoms with Gasteiger partial charge in [0.05, 0.1) is 34.7 Å². The number of benzene rings is 2. The summed E-state index contributed by atoms with van der Waals surface area (Å²) in [6, 6.07) is 10.2. The van der Waals surface area contributed by atoms with Gasteiger partial charge in [-0.3, -0.25) is 4.79 Å². The Kier molecular flexibility index (Phi) is 6.22. The summed E-state index contributed by atoms with van der Waals surface area (Å²) in [6.07, 6.45) is 1.50. The van der Waals surface area contributed by atoms with Gasteiger partial charge >= 0.3 is 0 Å². The predicted molar refractivity (Wildman–Crippen MR) is 94.2 cm³/mol. The molecule has 0 atom stereocenters. The normalized spacial score (nSPS) is 10.4. The highest BCUT2D eigenvalue weighted by molar-refractivity contribution is 5.95. The average molecular weight is 344 g/mol. The Bertz CT molecular complexity index is 774. The van der Waals surface area contributed by atoms with Gasteiger partial charge in [0, 0.05) is 17.2 Å². The second kappa shape index (κ2) is 8.58. The molecule has 25 heavy (non-hydrogen) atoms. The first-order valence-corrected chi connectivity index (χ1v) is 7.40. The van der Waals surface area contributed by atoms with Gasteiger partial charge in [0.2, 0.25) is 0 Å². The zero-order chi connectivity index (χ0) is 18.2. The van der Waals surface area contributed by atoms with Crippen LogP contribution in [0.25, 0.3) is 0 Å². The van der Waals surface area contributed by atoms with Crippen LogP contribution in [0, 0.1) is 0 Å². The van der Waals surface area contributed by atoms with Crippen molar-refractivity contribution in [2.24, 2.45) is 5.10 Å². The van der Waals surface area contributed by atoms with E-state index in [1.165, 1.54) is 20.4 Å². The van der Waals surface area contributed by atoms with Crippen molar-refractivity contribution in [3.8, 4) is 23.0 Å². The van der Waals surface area contributed by atoms with E-state index in [0.29, 0.717) is 34.1 Å². The summed E-state index contributed by atoms with van der Waals surface area (Å²) >= 11 is 0. The van der Waals surface area contributed by atoms with Crippen LogP contribution in [-0.2, 0) is 0 Å². The molecule has 0 fully saturated rings. The lowest BCUT2D eigenvalue weighted by Crippen LogP contribution is -2.17. The van der Waals surface area contributed by atoms with Crippen molar-refractivity contribution in [3.05, 3.63) is 47.5 Å². The number of rotatable bonds is 7. The molecule has 0 saturated heterocycles. The first kappa shape index (κ1) is 18.1. The number of hydrogen-bond acceptors (Lipinski definition) is 6. The molecular formula is C18H20N2O5. The number of hydrogen-bond donors (Lipinski definition) is 1. The Morgan fingerprint density at radius 3 is 2.24 bits per heavy atom. The van der Waals surface area contributed by atoms with Gasteiger partial charge in [-0.1, -0.05) is 0 Å². The highest BCUT2D eigenvalue weighted by atomic mass is 16.5. The highest BCUT2D eigenvalue weighted by Gasteiger charge is 2.10. The quantitative estimate of drug-likeness (QED) is 0.617. The zero-order valence-electron chi connectivity index (χ0n) is 14.5. The lowest BCUT2D eigenvalue weighted by Gasteiger charge is -2.09. The van der Waals surface area contributed by atoms with Crippen LogP contribution in [-0.4, -0.2) is 40.6 Å². The maximum Gasteiger partial charge on any atom is 0.271 e. The smallest absolute Gasteiger partial charge is 0.271 e. The van der Waals surface area contributed by atoms with E-state index in [9.17, 15) is 4.79 Å². The third-order valence-electron chi connectivity index (χ3n) is 3.46. The Hall–Kier alpha value is -3.22. The van der Waals surface area contributed by atoms with Crippen molar-refractivity contribution in [2.45, 2.75) is 0 Å². The molecule has 0 heterocycles. The summed E-state index contributed by atoms with van der Waals surface area (Å²) < 4.78 is 20.7. The minimum atomic E-state index is -0.371. The summed E-state index contributed by atoms with van der Waals surface area (Å²) in [7, 11) is 6.16. The first-order valence-electron chi connectivity index (χ1n) is 7.40. The van der Waals surface area contributed by atoms with Crippen molar-refractivity contribution in [2.75, 3.05) is 28.4 Å². The number of methoxy groups -OCH3 is 4. The van der Waals surface area contributed by atoms with Crippen LogP contribution in [0.1, 0.15) is 15.9 Å². The molecule has 0 radical (unpaired) electrons. The minimum absolute atomic E-state index is 0.371. The fraction of sp³-hybridized carbons (Fsp3) is 0.222.